The molecule has 0 heterocycles. The van der Waals surface area contributed by atoms with Crippen molar-refractivity contribution >= 4 is 56.4 Å². The number of hydrogen-bond donors (Lipinski definition) is 2. The van der Waals surface area contributed by atoms with Gasteiger partial charge in [0.15, 0.2) is 0 Å². The second-order valence-corrected chi connectivity index (χ2v) is 8.64. The molecule has 0 fully saturated rings. The van der Waals surface area contributed by atoms with Crippen LogP contribution >= 0.6 is 34.8 Å². The van der Waals surface area contributed by atoms with E-state index in [-0.39, 0.29) is 31.4 Å². The van der Waals surface area contributed by atoms with Crippen LogP contribution in [0.5, 0.6) is 5.75 Å². The summed E-state index contributed by atoms with van der Waals surface area (Å²) >= 11 is 17.8. The van der Waals surface area contributed by atoms with Crippen LogP contribution in [0.1, 0.15) is 12.5 Å². The SMILES string of the molecule is COc1ccc(C)cc1S(=O)(=O)N[C@@H](C)C(=O)Nc1cc(Cl)c(Cl)cc1Cl. The van der Waals surface area contributed by atoms with Crippen molar-refractivity contribution in [2.24, 2.45) is 0 Å². The largest absolute Gasteiger partial charge is 0.495 e. The van der Waals surface area contributed by atoms with Crippen LogP contribution in [0.25, 0.3) is 0 Å². The first-order chi connectivity index (χ1) is 12.5. The van der Waals surface area contributed by atoms with Gasteiger partial charge in [-0.2, -0.15) is 4.72 Å². The minimum absolute atomic E-state index is 0.0581. The Morgan fingerprint density at radius 1 is 1.07 bits per heavy atom. The maximum absolute atomic E-state index is 12.7. The van der Waals surface area contributed by atoms with Crippen LogP contribution in [0, 0.1) is 6.92 Å². The highest BCUT2D eigenvalue weighted by Gasteiger charge is 2.25. The molecule has 0 aliphatic carbocycles. The molecule has 1 atom stereocenters. The molecule has 10 heteroatoms. The lowest BCUT2D eigenvalue weighted by molar-refractivity contribution is -0.117. The minimum atomic E-state index is -4.00. The first kappa shape index (κ1) is 21.8. The highest BCUT2D eigenvalue weighted by molar-refractivity contribution is 7.89. The molecule has 0 saturated carbocycles. The summed E-state index contributed by atoms with van der Waals surface area (Å²) in [5.41, 5.74) is 0.950. The summed E-state index contributed by atoms with van der Waals surface area (Å²) in [5.74, 6) is -0.446. The fraction of sp³-hybridized carbons (Fsp3) is 0.235. The lowest BCUT2D eigenvalue weighted by Crippen LogP contribution is -2.41. The van der Waals surface area contributed by atoms with Crippen LogP contribution in [-0.2, 0) is 14.8 Å². The number of benzene rings is 2. The summed E-state index contributed by atoms with van der Waals surface area (Å²) in [4.78, 5) is 12.3. The topological polar surface area (TPSA) is 84.5 Å². The van der Waals surface area contributed by atoms with Gasteiger partial charge in [0.25, 0.3) is 0 Å². The summed E-state index contributed by atoms with van der Waals surface area (Å²) < 4.78 is 32.7. The summed E-state index contributed by atoms with van der Waals surface area (Å²) in [5, 5.41) is 3.13. The van der Waals surface area contributed by atoms with Crippen LogP contribution < -0.4 is 14.8 Å². The Labute approximate surface area is 172 Å². The standard InChI is InChI=1S/C17H17Cl3N2O4S/c1-9-4-5-15(26-3)16(6-9)27(24,25)22-10(2)17(23)21-14-8-12(19)11(18)7-13(14)20/h4-8,10,22H,1-3H3,(H,21,23)/t10-/m0/s1. The molecule has 0 spiro atoms. The number of anilines is 1. The zero-order chi connectivity index (χ0) is 20.4. The molecule has 2 N–H and O–H groups in total. The number of aryl methyl sites for hydroxylation is 1. The van der Waals surface area contributed by atoms with Crippen LogP contribution in [0.2, 0.25) is 15.1 Å². The highest BCUT2D eigenvalue weighted by Crippen LogP contribution is 2.32. The second kappa shape index (κ2) is 8.67. The molecule has 0 unspecified atom stereocenters. The van der Waals surface area contributed by atoms with Gasteiger partial charge in [-0.05, 0) is 43.7 Å². The van der Waals surface area contributed by atoms with E-state index in [0.29, 0.717) is 0 Å². The maximum atomic E-state index is 12.7. The average molecular weight is 452 g/mol. The van der Waals surface area contributed by atoms with Gasteiger partial charge < -0.3 is 10.1 Å². The Morgan fingerprint density at radius 3 is 2.33 bits per heavy atom. The van der Waals surface area contributed by atoms with E-state index in [4.69, 9.17) is 39.5 Å². The fourth-order valence-electron chi connectivity index (χ4n) is 2.20. The van der Waals surface area contributed by atoms with Gasteiger partial charge in [0, 0.05) is 0 Å². The van der Waals surface area contributed by atoms with Crippen molar-refractivity contribution in [3.8, 4) is 5.75 Å². The number of rotatable bonds is 6. The molecule has 6 nitrogen and oxygen atoms in total. The molecule has 0 bridgehead atoms. The fourth-order valence-corrected chi connectivity index (χ4v) is 4.25. The summed E-state index contributed by atoms with van der Waals surface area (Å²) in [6, 6.07) is 6.40. The highest BCUT2D eigenvalue weighted by atomic mass is 35.5. The van der Waals surface area contributed by atoms with Crippen LogP contribution in [0.15, 0.2) is 35.2 Å². The van der Waals surface area contributed by atoms with Crippen LogP contribution in [0.4, 0.5) is 5.69 Å². The third-order valence-corrected chi connectivity index (χ3v) is 6.20. The molecule has 146 valence electrons. The van der Waals surface area contributed by atoms with E-state index < -0.39 is 22.0 Å². The van der Waals surface area contributed by atoms with Crippen molar-refractivity contribution in [3.63, 3.8) is 0 Å². The first-order valence-corrected chi connectivity index (χ1v) is 10.3. The Bertz CT molecular complexity index is 980. The number of halogens is 3. The summed E-state index contributed by atoms with van der Waals surface area (Å²) in [7, 11) is -2.64. The molecule has 0 saturated heterocycles. The van der Waals surface area contributed by atoms with Crippen LogP contribution in [-0.4, -0.2) is 27.5 Å². The second-order valence-electron chi connectivity index (χ2n) is 5.73. The van der Waals surface area contributed by atoms with Crippen molar-refractivity contribution in [1.82, 2.24) is 4.72 Å². The number of amides is 1. The van der Waals surface area contributed by atoms with E-state index in [1.165, 1.54) is 32.2 Å². The Balaban J connectivity index is 2.21. The van der Waals surface area contributed by atoms with E-state index >= 15 is 0 Å². The van der Waals surface area contributed by atoms with E-state index in [0.717, 1.165) is 5.56 Å². The van der Waals surface area contributed by atoms with Gasteiger partial charge in [0.05, 0.1) is 33.9 Å². The molecule has 27 heavy (non-hydrogen) atoms. The lowest BCUT2D eigenvalue weighted by Gasteiger charge is -2.17. The van der Waals surface area contributed by atoms with Gasteiger partial charge in [0.1, 0.15) is 10.6 Å². The van der Waals surface area contributed by atoms with Gasteiger partial charge in [-0.3, -0.25) is 4.79 Å². The molecule has 2 rings (SSSR count). The maximum Gasteiger partial charge on any atom is 0.244 e. The van der Waals surface area contributed by atoms with Crippen molar-refractivity contribution in [2.75, 3.05) is 12.4 Å². The number of carbonyl (C=O) groups is 1. The molecule has 2 aromatic carbocycles. The van der Waals surface area contributed by atoms with Gasteiger partial charge in [0.2, 0.25) is 15.9 Å². The number of ether oxygens (including phenoxy) is 1. The van der Waals surface area contributed by atoms with Crippen molar-refractivity contribution in [3.05, 3.63) is 51.0 Å². The van der Waals surface area contributed by atoms with Crippen LogP contribution in [0.3, 0.4) is 0 Å². The summed E-state index contributed by atoms with van der Waals surface area (Å²) in [6.45, 7) is 3.15. The third-order valence-electron chi connectivity index (χ3n) is 3.60. The van der Waals surface area contributed by atoms with Gasteiger partial charge in [-0.1, -0.05) is 40.9 Å². The first-order valence-electron chi connectivity index (χ1n) is 7.67. The Hall–Kier alpha value is -1.51. The van der Waals surface area contributed by atoms with E-state index in [9.17, 15) is 13.2 Å². The molecular weight excluding hydrogens is 435 g/mol. The van der Waals surface area contributed by atoms with Gasteiger partial charge >= 0.3 is 0 Å². The molecule has 0 radical (unpaired) electrons. The molecule has 0 aliphatic rings. The van der Waals surface area contributed by atoms with Crippen molar-refractivity contribution < 1.29 is 17.9 Å². The Kier molecular flexibility index (Phi) is 6.99. The number of methoxy groups -OCH3 is 1. The van der Waals surface area contributed by atoms with E-state index in [1.54, 1.807) is 19.1 Å². The number of nitrogens with one attached hydrogen (secondary N) is 2. The smallest absolute Gasteiger partial charge is 0.244 e. The average Bonchev–Trinajstić information content (AvgIpc) is 2.59. The lowest BCUT2D eigenvalue weighted by atomic mass is 10.2. The van der Waals surface area contributed by atoms with E-state index in [1.807, 2.05) is 0 Å². The molecule has 0 aromatic heterocycles. The van der Waals surface area contributed by atoms with Gasteiger partial charge in [-0.15, -0.1) is 0 Å². The molecule has 1 amide bonds. The van der Waals surface area contributed by atoms with E-state index in [2.05, 4.69) is 10.0 Å². The third kappa shape index (κ3) is 5.27. The minimum Gasteiger partial charge on any atom is -0.495 e. The monoisotopic (exact) mass is 450 g/mol. The van der Waals surface area contributed by atoms with Gasteiger partial charge in [-0.25, -0.2) is 8.42 Å². The van der Waals surface area contributed by atoms with Crippen molar-refractivity contribution in [1.29, 1.82) is 0 Å². The molecule has 2 aromatic rings. The number of sulfonamides is 1. The quantitative estimate of drug-likeness (QED) is 0.642. The number of hydrogen-bond acceptors (Lipinski definition) is 4. The van der Waals surface area contributed by atoms with Crippen molar-refractivity contribution in [2.45, 2.75) is 24.8 Å². The molecule has 0 aliphatic heterocycles. The zero-order valence-corrected chi connectivity index (χ0v) is 17.7. The zero-order valence-electron chi connectivity index (χ0n) is 14.6. The normalized spacial score (nSPS) is 12.5. The predicted molar refractivity (Wildman–Crippen MR) is 108 cm³/mol. The predicted octanol–water partition coefficient (Wildman–Crippen LogP) is 4.27. The molecular formula is C17H17Cl3N2O4S. The number of carbonyl (C=O) groups excluding carboxylic acids is 1. The summed E-state index contributed by atoms with van der Waals surface area (Å²) in [6.07, 6.45) is 0. The Morgan fingerprint density at radius 2 is 1.70 bits per heavy atom.